The van der Waals surface area contributed by atoms with Crippen LogP contribution in [0.25, 0.3) is 0 Å². The molecule has 0 spiro atoms. The van der Waals surface area contributed by atoms with Gasteiger partial charge < -0.3 is 25.0 Å². The number of hydrogen-bond donors (Lipinski definition) is 2. The Morgan fingerprint density at radius 1 is 0.906 bits per heavy atom. The van der Waals surface area contributed by atoms with Crippen LogP contribution in [-0.2, 0) is 11.1 Å². The molecule has 4 rings (SSSR count). The molecule has 0 amide bonds. The summed E-state index contributed by atoms with van der Waals surface area (Å²) in [5, 5.41) is 7.52. The van der Waals surface area contributed by atoms with Crippen molar-refractivity contribution in [3.05, 3.63) is 66.5 Å². The molecule has 2 heterocycles. The van der Waals surface area contributed by atoms with Crippen LogP contribution in [0.1, 0.15) is 5.56 Å². The summed E-state index contributed by atoms with van der Waals surface area (Å²) in [5.41, 5.74) is 3.38. The lowest BCUT2D eigenvalue weighted by molar-refractivity contribution is 0.313. The van der Waals surface area contributed by atoms with Crippen molar-refractivity contribution >= 4 is 35.5 Å². The van der Waals surface area contributed by atoms with E-state index in [2.05, 4.69) is 61.7 Å². The maximum Gasteiger partial charge on any atom is 0.135 e. The van der Waals surface area contributed by atoms with Crippen molar-refractivity contribution in [3.63, 3.8) is 0 Å². The third kappa shape index (κ3) is 5.87. The van der Waals surface area contributed by atoms with E-state index >= 15 is 0 Å². The van der Waals surface area contributed by atoms with Gasteiger partial charge in [-0.15, -0.1) is 0 Å². The van der Waals surface area contributed by atoms with Crippen molar-refractivity contribution in [1.29, 1.82) is 0 Å². The molecule has 0 aliphatic carbocycles. The molecule has 1 saturated heterocycles. The number of hydrogen-bond acceptors (Lipinski definition) is 7. The van der Waals surface area contributed by atoms with E-state index in [0.717, 1.165) is 43.0 Å². The molecular formula is C24H31N6OP. The number of likely N-dealkylation sites (N-methyl/N-ethyl adjacent to an activating group) is 1. The van der Waals surface area contributed by atoms with Crippen molar-refractivity contribution in [1.82, 2.24) is 14.9 Å². The lowest BCUT2D eigenvalue weighted by Crippen LogP contribution is -2.44. The van der Waals surface area contributed by atoms with Crippen LogP contribution in [0, 0.1) is 0 Å². The highest BCUT2D eigenvalue weighted by Crippen LogP contribution is 2.34. The maximum atomic E-state index is 12.2. The van der Waals surface area contributed by atoms with Crippen LogP contribution in [0.15, 0.2) is 60.9 Å². The predicted molar refractivity (Wildman–Crippen MR) is 134 cm³/mol. The van der Waals surface area contributed by atoms with Gasteiger partial charge in [-0.05, 0) is 62.3 Å². The average Bonchev–Trinajstić information content (AvgIpc) is 2.79. The van der Waals surface area contributed by atoms with Crippen molar-refractivity contribution < 1.29 is 4.57 Å². The first-order chi connectivity index (χ1) is 15.4. The maximum absolute atomic E-state index is 12.2. The van der Waals surface area contributed by atoms with E-state index in [1.54, 1.807) is 19.7 Å². The summed E-state index contributed by atoms with van der Waals surface area (Å²) in [6.45, 7) is 8.60. The fourth-order valence-corrected chi connectivity index (χ4v) is 4.52. The fraction of sp³-hybridized carbons (Fsp3) is 0.333. The van der Waals surface area contributed by atoms with Gasteiger partial charge in [-0.3, -0.25) is 0 Å². The highest BCUT2D eigenvalue weighted by molar-refractivity contribution is 7.70. The molecule has 1 aliphatic heterocycles. The molecule has 8 heteroatoms. The van der Waals surface area contributed by atoms with E-state index in [4.69, 9.17) is 0 Å². The minimum absolute atomic E-state index is 0.691. The molecule has 1 fully saturated rings. The first-order valence-corrected chi connectivity index (χ1v) is 13.5. The van der Waals surface area contributed by atoms with Crippen molar-refractivity contribution in [2.24, 2.45) is 0 Å². The largest absolute Gasteiger partial charge is 0.369 e. The van der Waals surface area contributed by atoms with Crippen LogP contribution >= 0.6 is 7.14 Å². The lowest BCUT2D eigenvalue weighted by Gasteiger charge is -2.34. The van der Waals surface area contributed by atoms with Crippen LogP contribution in [0.5, 0.6) is 0 Å². The highest BCUT2D eigenvalue weighted by Gasteiger charge is 2.14. The summed E-state index contributed by atoms with van der Waals surface area (Å²) in [6, 6.07) is 18.3. The van der Waals surface area contributed by atoms with Gasteiger partial charge in [-0.1, -0.05) is 12.1 Å². The number of aromatic nitrogens is 2. The third-order valence-electron chi connectivity index (χ3n) is 5.71. The van der Waals surface area contributed by atoms with Crippen molar-refractivity contribution in [2.75, 3.05) is 62.1 Å². The van der Waals surface area contributed by atoms with E-state index in [1.165, 1.54) is 11.3 Å². The Balaban J connectivity index is 1.33. The van der Waals surface area contributed by atoms with Crippen LogP contribution in [0.3, 0.4) is 0 Å². The standard InChI is InChI=1S/C24H31N6OP/c1-29-12-14-30(15-13-29)21-8-4-19(5-9-21)17-25-23-16-24(27-18-26-23)28-20-6-10-22(11-7-20)32(2,3)31/h4-11,16,18H,12-15,17H2,1-3H3,(H2,25,26,27,28). The Bertz CT molecular complexity index is 1070. The lowest BCUT2D eigenvalue weighted by atomic mass is 10.2. The van der Waals surface area contributed by atoms with E-state index in [0.29, 0.717) is 12.4 Å². The summed E-state index contributed by atoms with van der Waals surface area (Å²) < 4.78 is 12.2. The summed E-state index contributed by atoms with van der Waals surface area (Å²) in [7, 11) is -0.0754. The molecule has 168 valence electrons. The van der Waals surface area contributed by atoms with E-state index in [1.807, 2.05) is 30.3 Å². The third-order valence-corrected chi connectivity index (χ3v) is 7.25. The van der Waals surface area contributed by atoms with Gasteiger partial charge in [0.25, 0.3) is 0 Å². The molecule has 0 radical (unpaired) electrons. The fourth-order valence-electron chi connectivity index (χ4n) is 3.66. The molecule has 3 aromatic rings. The molecule has 2 N–H and O–H groups in total. The highest BCUT2D eigenvalue weighted by atomic mass is 31.2. The second-order valence-electron chi connectivity index (χ2n) is 8.62. The minimum Gasteiger partial charge on any atom is -0.369 e. The van der Waals surface area contributed by atoms with Gasteiger partial charge in [0.2, 0.25) is 0 Å². The van der Waals surface area contributed by atoms with Crippen LogP contribution in [-0.4, -0.2) is 61.4 Å². The van der Waals surface area contributed by atoms with Gasteiger partial charge in [-0.2, -0.15) is 0 Å². The molecule has 0 unspecified atom stereocenters. The Morgan fingerprint density at radius 3 is 2.22 bits per heavy atom. The number of benzene rings is 2. The number of anilines is 4. The quantitative estimate of drug-likeness (QED) is 0.530. The van der Waals surface area contributed by atoms with E-state index < -0.39 is 7.14 Å². The molecule has 0 bridgehead atoms. The molecule has 2 aromatic carbocycles. The van der Waals surface area contributed by atoms with Gasteiger partial charge in [0.1, 0.15) is 25.1 Å². The molecule has 32 heavy (non-hydrogen) atoms. The molecule has 0 saturated carbocycles. The molecule has 1 aliphatic rings. The SMILES string of the molecule is CN1CCN(c2ccc(CNc3cc(Nc4ccc(P(C)(C)=O)cc4)ncn3)cc2)CC1. The summed E-state index contributed by atoms with van der Waals surface area (Å²) in [4.78, 5) is 13.4. The Kier molecular flexibility index (Phi) is 6.77. The number of nitrogens with zero attached hydrogens (tertiary/aromatic N) is 4. The Morgan fingerprint density at radius 2 is 1.56 bits per heavy atom. The molecule has 0 atom stereocenters. The van der Waals surface area contributed by atoms with E-state index in [-0.39, 0.29) is 0 Å². The number of piperazine rings is 1. The zero-order valence-electron chi connectivity index (χ0n) is 19.0. The van der Waals surface area contributed by atoms with Crippen molar-refractivity contribution in [2.45, 2.75) is 6.54 Å². The smallest absolute Gasteiger partial charge is 0.135 e. The molecular weight excluding hydrogens is 419 g/mol. The van der Waals surface area contributed by atoms with Gasteiger partial charge in [-0.25, -0.2) is 9.97 Å². The Hall–Kier alpha value is -2.89. The number of rotatable bonds is 7. The minimum atomic E-state index is -2.25. The predicted octanol–water partition coefficient (Wildman–Crippen LogP) is 3.83. The van der Waals surface area contributed by atoms with Gasteiger partial charge in [0, 0.05) is 55.5 Å². The number of nitrogens with one attached hydrogen (secondary N) is 2. The van der Waals surface area contributed by atoms with Crippen LogP contribution in [0.2, 0.25) is 0 Å². The van der Waals surface area contributed by atoms with Crippen LogP contribution in [0.4, 0.5) is 23.0 Å². The topological polar surface area (TPSA) is 73.4 Å². The van der Waals surface area contributed by atoms with Crippen LogP contribution < -0.4 is 20.8 Å². The second kappa shape index (κ2) is 9.72. The monoisotopic (exact) mass is 450 g/mol. The van der Waals surface area contributed by atoms with Gasteiger partial charge in [0.05, 0.1) is 0 Å². The molecule has 1 aromatic heterocycles. The molecule has 7 nitrogen and oxygen atoms in total. The van der Waals surface area contributed by atoms with Gasteiger partial charge in [0.15, 0.2) is 0 Å². The Labute approximate surface area is 190 Å². The normalized spacial score (nSPS) is 14.9. The zero-order valence-corrected chi connectivity index (χ0v) is 19.8. The summed E-state index contributed by atoms with van der Waals surface area (Å²) >= 11 is 0. The first-order valence-electron chi connectivity index (χ1n) is 10.9. The second-order valence-corrected chi connectivity index (χ2v) is 11.8. The summed E-state index contributed by atoms with van der Waals surface area (Å²) in [5.74, 6) is 1.46. The van der Waals surface area contributed by atoms with Gasteiger partial charge >= 0.3 is 0 Å². The first kappa shape index (κ1) is 22.3. The average molecular weight is 451 g/mol. The van der Waals surface area contributed by atoms with Crippen molar-refractivity contribution in [3.8, 4) is 0 Å². The summed E-state index contributed by atoms with van der Waals surface area (Å²) in [6.07, 6.45) is 1.54. The zero-order chi connectivity index (χ0) is 22.6. The van der Waals surface area contributed by atoms with E-state index in [9.17, 15) is 4.57 Å².